The molecule has 0 atom stereocenters. The molecule has 0 aromatic rings. The molecule has 0 amide bonds. The van der Waals surface area contributed by atoms with E-state index in [1.54, 1.807) is 0 Å². The molecule has 0 fully saturated rings. The van der Waals surface area contributed by atoms with E-state index >= 15 is 0 Å². The molecule has 5 heteroatoms. The molecule has 0 unspecified atom stereocenters. The molecular formula is C9H21N5. The Labute approximate surface area is 86.1 Å². The van der Waals surface area contributed by atoms with Gasteiger partial charge >= 0.3 is 0 Å². The molecule has 82 valence electrons. The van der Waals surface area contributed by atoms with Crippen molar-refractivity contribution in [3.05, 3.63) is 0 Å². The SMILES string of the molecule is CCN(CC)N=C(N)N=NC(C)(C)C. The summed E-state index contributed by atoms with van der Waals surface area (Å²) >= 11 is 0. The van der Waals surface area contributed by atoms with Gasteiger partial charge in [0.15, 0.2) is 0 Å². The predicted octanol–water partition coefficient (Wildman–Crippen LogP) is 1.81. The molecule has 0 aromatic heterocycles. The molecule has 0 saturated carbocycles. The van der Waals surface area contributed by atoms with Gasteiger partial charge in [0.2, 0.25) is 0 Å². The van der Waals surface area contributed by atoms with Crippen LogP contribution in [0, 0.1) is 0 Å². The Kier molecular flexibility index (Phi) is 5.12. The van der Waals surface area contributed by atoms with E-state index in [4.69, 9.17) is 5.73 Å². The number of hydrogen-bond acceptors (Lipinski definition) is 3. The third kappa shape index (κ3) is 6.39. The number of hydrazone groups is 1. The molecule has 5 nitrogen and oxygen atoms in total. The Balaban J connectivity index is 4.32. The van der Waals surface area contributed by atoms with Gasteiger partial charge in [0.05, 0.1) is 5.54 Å². The number of nitrogens with two attached hydrogens (primary N) is 1. The summed E-state index contributed by atoms with van der Waals surface area (Å²) in [5.41, 5.74) is 5.38. The number of nitrogens with zero attached hydrogens (tertiary/aromatic N) is 4. The summed E-state index contributed by atoms with van der Waals surface area (Å²) in [5.74, 6) is 0.212. The van der Waals surface area contributed by atoms with Crippen molar-refractivity contribution in [2.45, 2.75) is 40.2 Å². The third-order valence-electron chi connectivity index (χ3n) is 1.43. The second-order valence-electron chi connectivity index (χ2n) is 3.97. The average Bonchev–Trinajstić information content (AvgIpc) is 2.09. The summed E-state index contributed by atoms with van der Waals surface area (Å²) < 4.78 is 0. The van der Waals surface area contributed by atoms with Crippen LogP contribution >= 0.6 is 0 Å². The third-order valence-corrected chi connectivity index (χ3v) is 1.43. The lowest BCUT2D eigenvalue weighted by molar-refractivity contribution is 0.320. The van der Waals surface area contributed by atoms with Crippen LogP contribution in [0.1, 0.15) is 34.6 Å². The number of guanidine groups is 1. The van der Waals surface area contributed by atoms with Gasteiger partial charge < -0.3 is 5.73 Å². The standard InChI is InChI=1S/C9H21N5/c1-6-14(7-2)12-8(10)11-13-9(3,4)5/h6-7H2,1-5H3,(H2,10,12). The van der Waals surface area contributed by atoms with Gasteiger partial charge in [-0.2, -0.15) is 5.11 Å². The smallest absolute Gasteiger partial charge is 0.256 e. The van der Waals surface area contributed by atoms with Gasteiger partial charge in [0.25, 0.3) is 5.96 Å². The maximum absolute atomic E-state index is 5.58. The van der Waals surface area contributed by atoms with Crippen LogP contribution in [0.3, 0.4) is 0 Å². The molecule has 0 saturated heterocycles. The van der Waals surface area contributed by atoms with E-state index in [0.717, 1.165) is 13.1 Å². The minimum absolute atomic E-state index is 0.205. The van der Waals surface area contributed by atoms with Crippen LogP contribution in [-0.2, 0) is 0 Å². The summed E-state index contributed by atoms with van der Waals surface area (Å²) in [6.45, 7) is 11.6. The maximum Gasteiger partial charge on any atom is 0.256 e. The largest absolute Gasteiger partial charge is 0.365 e. The number of rotatable bonds is 3. The molecule has 0 aromatic carbocycles. The molecule has 0 rings (SSSR count). The summed E-state index contributed by atoms with van der Waals surface area (Å²) in [7, 11) is 0. The highest BCUT2D eigenvalue weighted by Gasteiger charge is 2.06. The van der Waals surface area contributed by atoms with E-state index in [2.05, 4.69) is 15.3 Å². The monoisotopic (exact) mass is 199 g/mol. The molecule has 0 bridgehead atoms. The van der Waals surface area contributed by atoms with Crippen molar-refractivity contribution in [1.82, 2.24) is 5.01 Å². The van der Waals surface area contributed by atoms with E-state index in [0.29, 0.717) is 0 Å². The van der Waals surface area contributed by atoms with E-state index < -0.39 is 0 Å². The van der Waals surface area contributed by atoms with Crippen molar-refractivity contribution in [2.75, 3.05) is 13.1 Å². The van der Waals surface area contributed by atoms with Crippen LogP contribution in [0.2, 0.25) is 0 Å². The van der Waals surface area contributed by atoms with E-state index in [1.165, 1.54) is 0 Å². The Bertz CT molecular complexity index is 210. The number of hydrogen-bond donors (Lipinski definition) is 1. The van der Waals surface area contributed by atoms with Crippen LogP contribution in [-0.4, -0.2) is 29.6 Å². The van der Waals surface area contributed by atoms with Crippen molar-refractivity contribution >= 4 is 5.96 Å². The summed E-state index contributed by atoms with van der Waals surface area (Å²) in [6, 6.07) is 0. The molecule has 2 N–H and O–H groups in total. The van der Waals surface area contributed by atoms with Crippen molar-refractivity contribution in [3.8, 4) is 0 Å². The first-order valence-corrected chi connectivity index (χ1v) is 4.91. The zero-order valence-corrected chi connectivity index (χ0v) is 9.78. The average molecular weight is 199 g/mol. The first kappa shape index (κ1) is 12.9. The second kappa shape index (κ2) is 5.57. The fraction of sp³-hybridized carbons (Fsp3) is 0.889. The Morgan fingerprint density at radius 1 is 1.21 bits per heavy atom. The molecular weight excluding hydrogens is 178 g/mol. The Hall–Kier alpha value is -1.13. The van der Waals surface area contributed by atoms with Gasteiger partial charge in [0.1, 0.15) is 0 Å². The normalized spacial score (nSPS) is 13.6. The minimum atomic E-state index is -0.205. The highest BCUT2D eigenvalue weighted by molar-refractivity contribution is 5.77. The van der Waals surface area contributed by atoms with Crippen molar-refractivity contribution in [1.29, 1.82) is 0 Å². The van der Waals surface area contributed by atoms with Gasteiger partial charge in [-0.3, -0.25) is 5.01 Å². The maximum atomic E-state index is 5.58. The van der Waals surface area contributed by atoms with Gasteiger partial charge in [-0.25, -0.2) is 0 Å². The summed E-state index contributed by atoms with van der Waals surface area (Å²) in [5, 5.41) is 13.8. The van der Waals surface area contributed by atoms with Gasteiger partial charge in [-0.15, -0.1) is 10.2 Å². The lowest BCUT2D eigenvalue weighted by Gasteiger charge is -2.13. The predicted molar refractivity (Wildman–Crippen MR) is 59.2 cm³/mol. The van der Waals surface area contributed by atoms with Crippen LogP contribution in [0.5, 0.6) is 0 Å². The zero-order chi connectivity index (χ0) is 11.2. The Morgan fingerprint density at radius 3 is 2.07 bits per heavy atom. The van der Waals surface area contributed by atoms with Crippen LogP contribution < -0.4 is 5.73 Å². The highest BCUT2D eigenvalue weighted by Crippen LogP contribution is 2.06. The highest BCUT2D eigenvalue weighted by atomic mass is 15.5. The lowest BCUT2D eigenvalue weighted by atomic mass is 10.1. The fourth-order valence-corrected chi connectivity index (χ4v) is 0.731. The molecule has 0 aliphatic rings. The molecule has 0 aliphatic carbocycles. The van der Waals surface area contributed by atoms with E-state index in [1.807, 2.05) is 39.6 Å². The molecule has 0 spiro atoms. The van der Waals surface area contributed by atoms with Crippen molar-refractivity contribution < 1.29 is 0 Å². The van der Waals surface area contributed by atoms with Crippen molar-refractivity contribution in [2.24, 2.45) is 21.1 Å². The van der Waals surface area contributed by atoms with Gasteiger partial charge in [0, 0.05) is 13.1 Å². The first-order chi connectivity index (χ1) is 6.39. The fourth-order valence-electron chi connectivity index (χ4n) is 0.731. The summed E-state index contributed by atoms with van der Waals surface area (Å²) in [6.07, 6.45) is 0. The van der Waals surface area contributed by atoms with Gasteiger partial charge in [-0.05, 0) is 34.6 Å². The van der Waals surface area contributed by atoms with Crippen LogP contribution in [0.15, 0.2) is 15.3 Å². The van der Waals surface area contributed by atoms with Crippen LogP contribution in [0.25, 0.3) is 0 Å². The van der Waals surface area contributed by atoms with E-state index in [9.17, 15) is 0 Å². The zero-order valence-electron chi connectivity index (χ0n) is 9.78. The first-order valence-electron chi connectivity index (χ1n) is 4.91. The molecule has 0 heterocycles. The summed E-state index contributed by atoms with van der Waals surface area (Å²) in [4.78, 5) is 0. The molecule has 0 radical (unpaired) electrons. The minimum Gasteiger partial charge on any atom is -0.365 e. The topological polar surface area (TPSA) is 66.3 Å². The second-order valence-corrected chi connectivity index (χ2v) is 3.97. The molecule has 14 heavy (non-hydrogen) atoms. The molecule has 0 aliphatic heterocycles. The van der Waals surface area contributed by atoms with Crippen LogP contribution in [0.4, 0.5) is 0 Å². The Morgan fingerprint density at radius 2 is 1.71 bits per heavy atom. The quantitative estimate of drug-likeness (QED) is 0.326. The van der Waals surface area contributed by atoms with Gasteiger partial charge in [-0.1, -0.05) is 0 Å². The van der Waals surface area contributed by atoms with Crippen molar-refractivity contribution in [3.63, 3.8) is 0 Å². The van der Waals surface area contributed by atoms with E-state index in [-0.39, 0.29) is 11.5 Å². The lowest BCUT2D eigenvalue weighted by Crippen LogP contribution is -2.22. The number of azo groups is 1.